The molecule has 2 aromatic rings. The van der Waals surface area contributed by atoms with E-state index in [1.165, 1.54) is 0 Å². The molecule has 178 valence electrons. The first kappa shape index (κ1) is 25.9. The van der Waals surface area contributed by atoms with Gasteiger partial charge in [-0.2, -0.15) is 0 Å². The Labute approximate surface area is 200 Å². The van der Waals surface area contributed by atoms with Gasteiger partial charge < -0.3 is 24.8 Å². The third kappa shape index (κ3) is 7.64. The van der Waals surface area contributed by atoms with Gasteiger partial charge in [0.2, 0.25) is 11.7 Å². The number of nitrogens with one attached hydrogen (secondary N) is 3. The van der Waals surface area contributed by atoms with Crippen molar-refractivity contribution in [1.82, 2.24) is 5.32 Å². The van der Waals surface area contributed by atoms with Crippen molar-refractivity contribution in [2.45, 2.75) is 34.6 Å². The van der Waals surface area contributed by atoms with Crippen molar-refractivity contribution in [2.75, 3.05) is 30.5 Å². The lowest BCUT2D eigenvalue weighted by Gasteiger charge is -2.17. The Morgan fingerprint density at radius 3 is 1.79 bits per heavy atom. The van der Waals surface area contributed by atoms with Crippen LogP contribution < -0.4 is 30.2 Å². The molecular weight excluding hydrogens is 442 g/mol. The largest absolute Gasteiger partial charge is 0.490 e. The second-order valence-corrected chi connectivity index (χ2v) is 7.64. The first-order valence-corrected chi connectivity index (χ1v) is 11.3. The summed E-state index contributed by atoms with van der Waals surface area (Å²) in [6, 6.07) is 10.2. The maximum Gasteiger partial charge on any atom is 0.257 e. The highest BCUT2D eigenvalue weighted by molar-refractivity contribution is 7.80. The van der Waals surface area contributed by atoms with Crippen LogP contribution in [0.1, 0.15) is 45.0 Å². The zero-order valence-electron chi connectivity index (χ0n) is 19.6. The van der Waals surface area contributed by atoms with Crippen LogP contribution in [0.25, 0.3) is 0 Å². The summed E-state index contributed by atoms with van der Waals surface area (Å²) in [6.07, 6.45) is 0. The third-order valence-electron chi connectivity index (χ3n) is 4.33. The summed E-state index contributed by atoms with van der Waals surface area (Å²) in [6.45, 7) is 10.5. The Kier molecular flexibility index (Phi) is 9.93. The summed E-state index contributed by atoms with van der Waals surface area (Å²) in [5, 5.41) is 8.56. The van der Waals surface area contributed by atoms with E-state index >= 15 is 0 Å². The number of carbonyl (C=O) groups is 2. The lowest BCUT2D eigenvalue weighted by Crippen LogP contribution is -2.34. The van der Waals surface area contributed by atoms with E-state index in [0.717, 1.165) is 0 Å². The van der Waals surface area contributed by atoms with Crippen LogP contribution in [0.15, 0.2) is 36.4 Å². The number of amides is 2. The summed E-state index contributed by atoms with van der Waals surface area (Å²) in [5.41, 5.74) is 1.66. The number of carbonyl (C=O) groups excluding carboxylic acids is 2. The highest BCUT2D eigenvalue weighted by Gasteiger charge is 2.19. The van der Waals surface area contributed by atoms with E-state index in [2.05, 4.69) is 16.0 Å². The van der Waals surface area contributed by atoms with Gasteiger partial charge in [0, 0.05) is 22.9 Å². The van der Waals surface area contributed by atoms with Gasteiger partial charge in [-0.1, -0.05) is 13.8 Å². The van der Waals surface area contributed by atoms with Gasteiger partial charge in [0.15, 0.2) is 16.6 Å². The molecule has 2 rings (SSSR count). The van der Waals surface area contributed by atoms with Gasteiger partial charge in [0.1, 0.15) is 0 Å². The fourth-order valence-electron chi connectivity index (χ4n) is 2.78. The maximum absolute atomic E-state index is 12.8. The zero-order chi connectivity index (χ0) is 24.4. The van der Waals surface area contributed by atoms with Gasteiger partial charge >= 0.3 is 0 Å². The molecule has 0 aromatic heterocycles. The fraction of sp³-hybridized carbons (Fsp3) is 0.375. The van der Waals surface area contributed by atoms with Gasteiger partial charge in [-0.05, 0) is 69.4 Å². The van der Waals surface area contributed by atoms with Crippen LogP contribution in [0.4, 0.5) is 11.4 Å². The maximum atomic E-state index is 12.8. The van der Waals surface area contributed by atoms with E-state index in [1.807, 2.05) is 34.6 Å². The van der Waals surface area contributed by atoms with Crippen LogP contribution in [0.2, 0.25) is 0 Å². The number of ether oxygens (including phenoxy) is 3. The number of hydrogen-bond acceptors (Lipinski definition) is 6. The predicted octanol–water partition coefficient (Wildman–Crippen LogP) is 4.60. The van der Waals surface area contributed by atoms with Crippen molar-refractivity contribution >= 4 is 40.5 Å². The minimum atomic E-state index is -0.418. The smallest absolute Gasteiger partial charge is 0.257 e. The van der Waals surface area contributed by atoms with Gasteiger partial charge in [-0.3, -0.25) is 14.9 Å². The van der Waals surface area contributed by atoms with E-state index in [4.69, 9.17) is 26.4 Å². The summed E-state index contributed by atoms with van der Waals surface area (Å²) < 4.78 is 17.0. The van der Waals surface area contributed by atoms with E-state index in [-0.39, 0.29) is 16.9 Å². The van der Waals surface area contributed by atoms with Crippen molar-refractivity contribution in [3.63, 3.8) is 0 Å². The third-order valence-corrected chi connectivity index (χ3v) is 4.54. The molecule has 33 heavy (non-hydrogen) atoms. The van der Waals surface area contributed by atoms with Crippen molar-refractivity contribution in [3.05, 3.63) is 42.0 Å². The molecule has 0 spiro atoms. The van der Waals surface area contributed by atoms with Gasteiger partial charge in [-0.25, -0.2) is 0 Å². The Bertz CT molecular complexity index is 950. The minimum absolute atomic E-state index is 0.0632. The molecule has 3 N–H and O–H groups in total. The highest BCUT2D eigenvalue weighted by Crippen LogP contribution is 2.39. The quantitative estimate of drug-likeness (QED) is 0.434. The molecule has 0 unspecified atom stereocenters. The van der Waals surface area contributed by atoms with Crippen molar-refractivity contribution in [3.8, 4) is 17.2 Å². The molecular formula is C24H31N3O5S. The number of benzene rings is 2. The van der Waals surface area contributed by atoms with Gasteiger partial charge in [0.25, 0.3) is 5.91 Å². The number of anilines is 2. The predicted molar refractivity (Wildman–Crippen MR) is 134 cm³/mol. The molecule has 0 aliphatic heterocycles. The van der Waals surface area contributed by atoms with Gasteiger partial charge in [-0.15, -0.1) is 0 Å². The molecule has 2 amide bonds. The van der Waals surface area contributed by atoms with E-state index in [1.54, 1.807) is 36.4 Å². The van der Waals surface area contributed by atoms with Crippen LogP contribution in [0, 0.1) is 5.92 Å². The van der Waals surface area contributed by atoms with E-state index in [0.29, 0.717) is 54.0 Å². The lowest BCUT2D eigenvalue weighted by atomic mass is 10.1. The van der Waals surface area contributed by atoms with Crippen LogP contribution in [-0.2, 0) is 4.79 Å². The summed E-state index contributed by atoms with van der Waals surface area (Å²) in [4.78, 5) is 24.6. The van der Waals surface area contributed by atoms with Crippen molar-refractivity contribution in [1.29, 1.82) is 0 Å². The molecule has 8 nitrogen and oxygen atoms in total. The summed E-state index contributed by atoms with van der Waals surface area (Å²) in [7, 11) is 0. The standard InChI is InChI=1S/C24H31N3O5S/c1-6-30-19-13-16(14-20(31-7-2)21(19)32-8-3)23(29)27-24(33)26-18-11-9-17(10-12-18)25-22(28)15(4)5/h9-15H,6-8H2,1-5H3,(H,25,28)(H2,26,27,29,33). The Morgan fingerprint density at radius 1 is 0.848 bits per heavy atom. The fourth-order valence-corrected chi connectivity index (χ4v) is 2.99. The minimum Gasteiger partial charge on any atom is -0.490 e. The monoisotopic (exact) mass is 473 g/mol. The SMILES string of the molecule is CCOc1cc(C(=O)NC(=S)Nc2ccc(NC(=O)C(C)C)cc2)cc(OCC)c1OCC. The van der Waals surface area contributed by atoms with Crippen LogP contribution in [0.3, 0.4) is 0 Å². The number of rotatable bonds is 10. The molecule has 2 aromatic carbocycles. The molecule has 0 bridgehead atoms. The van der Waals surface area contributed by atoms with Crippen LogP contribution in [-0.4, -0.2) is 36.7 Å². The number of thiocarbonyl (C=S) groups is 1. The average Bonchev–Trinajstić information content (AvgIpc) is 2.77. The second-order valence-electron chi connectivity index (χ2n) is 7.23. The summed E-state index contributed by atoms with van der Waals surface area (Å²) >= 11 is 5.28. The normalized spacial score (nSPS) is 10.4. The molecule has 9 heteroatoms. The lowest BCUT2D eigenvalue weighted by molar-refractivity contribution is -0.118. The molecule has 0 fully saturated rings. The number of hydrogen-bond donors (Lipinski definition) is 3. The molecule has 0 aliphatic rings. The van der Waals surface area contributed by atoms with E-state index < -0.39 is 5.91 Å². The Morgan fingerprint density at radius 2 is 1.33 bits per heavy atom. The zero-order valence-corrected chi connectivity index (χ0v) is 20.4. The topological polar surface area (TPSA) is 97.9 Å². The first-order chi connectivity index (χ1) is 15.8. The average molecular weight is 474 g/mol. The van der Waals surface area contributed by atoms with Crippen molar-refractivity contribution < 1.29 is 23.8 Å². The molecule has 0 saturated carbocycles. The van der Waals surface area contributed by atoms with E-state index in [9.17, 15) is 9.59 Å². The van der Waals surface area contributed by atoms with Crippen LogP contribution >= 0.6 is 12.2 Å². The molecule has 0 aliphatic carbocycles. The van der Waals surface area contributed by atoms with Crippen molar-refractivity contribution in [2.24, 2.45) is 5.92 Å². The highest BCUT2D eigenvalue weighted by atomic mass is 32.1. The van der Waals surface area contributed by atoms with Crippen LogP contribution in [0.5, 0.6) is 17.2 Å². The van der Waals surface area contributed by atoms with Gasteiger partial charge in [0.05, 0.1) is 19.8 Å². The second kappa shape index (κ2) is 12.6. The molecule has 0 heterocycles. The molecule has 0 saturated heterocycles. The summed E-state index contributed by atoms with van der Waals surface area (Å²) in [5.74, 6) is 0.717. The molecule has 0 atom stereocenters. The first-order valence-electron chi connectivity index (χ1n) is 10.9. The molecule has 0 radical (unpaired) electrons. The Hall–Kier alpha value is -3.33. The Balaban J connectivity index is 2.10.